The molecule has 2 amide bonds. The van der Waals surface area contributed by atoms with E-state index in [0.29, 0.717) is 28.7 Å². The lowest BCUT2D eigenvalue weighted by atomic mass is 10.0. The van der Waals surface area contributed by atoms with Gasteiger partial charge in [0, 0.05) is 12.2 Å². The molecule has 2 aromatic carbocycles. The van der Waals surface area contributed by atoms with E-state index >= 15 is 0 Å². The van der Waals surface area contributed by atoms with Gasteiger partial charge in [0.25, 0.3) is 0 Å². The van der Waals surface area contributed by atoms with Gasteiger partial charge in [-0.15, -0.1) is 0 Å². The second kappa shape index (κ2) is 6.93. The van der Waals surface area contributed by atoms with E-state index in [9.17, 15) is 9.59 Å². The molecule has 2 aromatic rings. The van der Waals surface area contributed by atoms with Gasteiger partial charge in [-0.3, -0.25) is 9.59 Å². The van der Waals surface area contributed by atoms with Crippen LogP contribution in [0.2, 0.25) is 10.0 Å². The van der Waals surface area contributed by atoms with Crippen LogP contribution in [0.25, 0.3) is 0 Å². The SMILES string of the molecule is O=C(Nc1c(Cl)cccc1Cl)C1CC1C(=O)N1CCCc2ccccc21. The minimum absolute atomic E-state index is 0.0301. The molecule has 0 aromatic heterocycles. The Bertz CT molecular complexity index is 864. The van der Waals surface area contributed by atoms with Crippen LogP contribution in [0.5, 0.6) is 0 Å². The summed E-state index contributed by atoms with van der Waals surface area (Å²) < 4.78 is 0. The molecule has 1 aliphatic heterocycles. The summed E-state index contributed by atoms with van der Waals surface area (Å²) in [7, 11) is 0. The number of nitrogens with one attached hydrogen (secondary N) is 1. The van der Waals surface area contributed by atoms with E-state index in [0.717, 1.165) is 18.5 Å². The molecule has 0 bridgehead atoms. The van der Waals surface area contributed by atoms with Crippen molar-refractivity contribution in [2.75, 3.05) is 16.8 Å². The topological polar surface area (TPSA) is 49.4 Å². The highest BCUT2D eigenvalue weighted by atomic mass is 35.5. The molecule has 1 fully saturated rings. The summed E-state index contributed by atoms with van der Waals surface area (Å²) in [5, 5.41) is 3.55. The molecule has 2 unspecified atom stereocenters. The first-order chi connectivity index (χ1) is 12.6. The van der Waals surface area contributed by atoms with Gasteiger partial charge in [0.1, 0.15) is 0 Å². The average molecular weight is 389 g/mol. The first-order valence-electron chi connectivity index (χ1n) is 8.70. The van der Waals surface area contributed by atoms with Crippen molar-refractivity contribution in [1.29, 1.82) is 0 Å². The van der Waals surface area contributed by atoms with Gasteiger partial charge in [-0.25, -0.2) is 0 Å². The van der Waals surface area contributed by atoms with Crippen molar-refractivity contribution in [3.05, 3.63) is 58.1 Å². The number of amides is 2. The zero-order chi connectivity index (χ0) is 18.3. The quantitative estimate of drug-likeness (QED) is 0.838. The third-order valence-corrected chi connectivity index (χ3v) is 5.66. The molecule has 2 atom stereocenters. The lowest BCUT2D eigenvalue weighted by Gasteiger charge is -2.29. The number of aryl methyl sites for hydroxylation is 1. The molecule has 134 valence electrons. The third kappa shape index (κ3) is 3.19. The normalized spacial score (nSPS) is 21.1. The van der Waals surface area contributed by atoms with Gasteiger partial charge in [-0.1, -0.05) is 47.5 Å². The summed E-state index contributed by atoms with van der Waals surface area (Å²) in [6.45, 7) is 0.705. The predicted octanol–water partition coefficient (Wildman–Crippen LogP) is 4.55. The van der Waals surface area contributed by atoms with E-state index in [-0.39, 0.29) is 23.7 Å². The number of hydrogen-bond acceptors (Lipinski definition) is 2. The molecule has 4 rings (SSSR count). The zero-order valence-electron chi connectivity index (χ0n) is 14.0. The summed E-state index contributed by atoms with van der Waals surface area (Å²) >= 11 is 12.2. The van der Waals surface area contributed by atoms with Crippen LogP contribution in [0.1, 0.15) is 18.4 Å². The molecule has 26 heavy (non-hydrogen) atoms. The summed E-state index contributed by atoms with van der Waals surface area (Å²) in [5.74, 6) is -0.780. The van der Waals surface area contributed by atoms with Crippen LogP contribution in [0.4, 0.5) is 11.4 Å². The van der Waals surface area contributed by atoms with Crippen LogP contribution in [0.15, 0.2) is 42.5 Å². The molecule has 0 saturated heterocycles. The van der Waals surface area contributed by atoms with Crippen LogP contribution in [-0.4, -0.2) is 18.4 Å². The number of benzene rings is 2. The Kier molecular flexibility index (Phi) is 4.63. The monoisotopic (exact) mass is 388 g/mol. The Morgan fingerprint density at radius 3 is 2.50 bits per heavy atom. The van der Waals surface area contributed by atoms with E-state index in [1.807, 2.05) is 23.1 Å². The largest absolute Gasteiger partial charge is 0.323 e. The summed E-state index contributed by atoms with van der Waals surface area (Å²) in [6.07, 6.45) is 2.49. The Morgan fingerprint density at radius 1 is 1.00 bits per heavy atom. The van der Waals surface area contributed by atoms with Crippen molar-refractivity contribution in [2.45, 2.75) is 19.3 Å². The minimum atomic E-state index is -0.330. The fourth-order valence-corrected chi connectivity index (χ4v) is 4.05. The predicted molar refractivity (Wildman–Crippen MR) is 104 cm³/mol. The Morgan fingerprint density at radius 2 is 1.73 bits per heavy atom. The van der Waals surface area contributed by atoms with Gasteiger partial charge in [-0.05, 0) is 43.0 Å². The Balaban J connectivity index is 1.46. The molecule has 4 nitrogen and oxygen atoms in total. The van der Waals surface area contributed by atoms with Crippen LogP contribution < -0.4 is 10.2 Å². The maximum Gasteiger partial charge on any atom is 0.230 e. The standard InChI is InChI=1S/C20H18Cl2N2O2/c21-15-7-3-8-16(22)18(15)23-19(25)13-11-14(13)20(26)24-10-4-6-12-5-1-2-9-17(12)24/h1-3,5,7-9,13-14H,4,6,10-11H2,(H,23,25). The number of carbonyl (C=O) groups excluding carboxylic acids is 2. The summed E-state index contributed by atoms with van der Waals surface area (Å²) in [4.78, 5) is 27.3. The number of halogens is 2. The molecule has 1 aliphatic carbocycles. The van der Waals surface area contributed by atoms with Gasteiger partial charge < -0.3 is 10.2 Å². The van der Waals surface area contributed by atoms with Crippen molar-refractivity contribution in [3.63, 3.8) is 0 Å². The zero-order valence-corrected chi connectivity index (χ0v) is 15.6. The Labute approximate surface area is 162 Å². The molecular weight excluding hydrogens is 371 g/mol. The highest BCUT2D eigenvalue weighted by Crippen LogP contribution is 2.43. The molecule has 1 saturated carbocycles. The number of anilines is 2. The second-order valence-electron chi connectivity index (χ2n) is 6.76. The third-order valence-electron chi connectivity index (χ3n) is 5.03. The van der Waals surface area contributed by atoms with Crippen molar-refractivity contribution in [3.8, 4) is 0 Å². The summed E-state index contributed by atoms with van der Waals surface area (Å²) in [6, 6.07) is 13.0. The van der Waals surface area contributed by atoms with E-state index < -0.39 is 0 Å². The maximum atomic E-state index is 12.9. The fourth-order valence-electron chi connectivity index (χ4n) is 3.55. The van der Waals surface area contributed by atoms with Crippen LogP contribution in [-0.2, 0) is 16.0 Å². The number of hydrogen-bond donors (Lipinski definition) is 1. The summed E-state index contributed by atoms with van der Waals surface area (Å²) in [5.41, 5.74) is 2.57. The van der Waals surface area contributed by atoms with E-state index in [4.69, 9.17) is 23.2 Å². The lowest BCUT2D eigenvalue weighted by molar-refractivity contribution is -0.123. The highest BCUT2D eigenvalue weighted by molar-refractivity contribution is 6.39. The lowest BCUT2D eigenvalue weighted by Crippen LogP contribution is -2.37. The average Bonchev–Trinajstić information content (AvgIpc) is 3.44. The molecule has 2 aliphatic rings. The molecule has 1 N–H and O–H groups in total. The van der Waals surface area contributed by atoms with Gasteiger partial charge in [0.15, 0.2) is 0 Å². The second-order valence-corrected chi connectivity index (χ2v) is 7.57. The first kappa shape index (κ1) is 17.4. The molecule has 1 heterocycles. The van der Waals surface area contributed by atoms with E-state index in [2.05, 4.69) is 11.4 Å². The number of carbonyl (C=O) groups is 2. The molecule has 0 spiro atoms. The molecule has 0 radical (unpaired) electrons. The Hall–Kier alpha value is -2.04. The van der Waals surface area contributed by atoms with E-state index in [1.165, 1.54) is 5.56 Å². The number of rotatable bonds is 3. The van der Waals surface area contributed by atoms with Gasteiger partial charge in [0.05, 0.1) is 27.6 Å². The minimum Gasteiger partial charge on any atom is -0.323 e. The van der Waals surface area contributed by atoms with E-state index in [1.54, 1.807) is 18.2 Å². The van der Waals surface area contributed by atoms with Crippen LogP contribution >= 0.6 is 23.2 Å². The van der Waals surface area contributed by atoms with Crippen LogP contribution in [0.3, 0.4) is 0 Å². The van der Waals surface area contributed by atoms with Gasteiger partial charge in [0.2, 0.25) is 11.8 Å². The van der Waals surface area contributed by atoms with Crippen molar-refractivity contribution >= 4 is 46.4 Å². The maximum absolute atomic E-state index is 12.9. The van der Waals surface area contributed by atoms with Crippen molar-refractivity contribution < 1.29 is 9.59 Å². The fraction of sp³-hybridized carbons (Fsp3) is 0.300. The first-order valence-corrected chi connectivity index (χ1v) is 9.46. The number of para-hydroxylation sites is 2. The molecular formula is C20H18Cl2N2O2. The number of fused-ring (bicyclic) bond motifs is 1. The molecule has 6 heteroatoms. The highest BCUT2D eigenvalue weighted by Gasteiger charge is 2.50. The van der Waals surface area contributed by atoms with Crippen LogP contribution in [0, 0.1) is 11.8 Å². The van der Waals surface area contributed by atoms with Gasteiger partial charge >= 0.3 is 0 Å². The van der Waals surface area contributed by atoms with Gasteiger partial charge in [-0.2, -0.15) is 0 Å². The van der Waals surface area contributed by atoms with Crippen molar-refractivity contribution in [1.82, 2.24) is 0 Å². The van der Waals surface area contributed by atoms with Crippen molar-refractivity contribution in [2.24, 2.45) is 11.8 Å². The smallest absolute Gasteiger partial charge is 0.230 e. The number of nitrogens with zero attached hydrogens (tertiary/aromatic N) is 1.